The van der Waals surface area contributed by atoms with E-state index in [1.54, 1.807) is 13.0 Å². The van der Waals surface area contributed by atoms with E-state index in [0.717, 1.165) is 4.90 Å². The molecule has 1 unspecified atom stereocenters. The average Bonchev–Trinajstić information content (AvgIpc) is 3.06. The van der Waals surface area contributed by atoms with E-state index in [2.05, 4.69) is 10.1 Å². The summed E-state index contributed by atoms with van der Waals surface area (Å²) in [6.45, 7) is 6.23. The van der Waals surface area contributed by atoms with Gasteiger partial charge in [0.05, 0.1) is 37.5 Å². The Morgan fingerprint density at radius 3 is 2.50 bits per heavy atom. The standard InChI is InChI=1S/C19H24F3N5O3/c1-11-6-14(30-24-11)8-26-15(19(20,21)22)4-5-25-17(28)7-16(23-18(25)26)27-12(2)9-29-10-13(27)3/h6-7,12-13,15H,4-5,8-10H2,1-3H3/t12-,13-,15?/m1/s1. The number of alkyl halides is 3. The lowest BCUT2D eigenvalue weighted by atomic mass is 10.1. The van der Waals surface area contributed by atoms with Gasteiger partial charge in [0.15, 0.2) is 5.76 Å². The quantitative estimate of drug-likeness (QED) is 0.745. The van der Waals surface area contributed by atoms with Gasteiger partial charge in [0, 0.05) is 18.7 Å². The van der Waals surface area contributed by atoms with Crippen molar-refractivity contribution in [2.24, 2.45) is 0 Å². The van der Waals surface area contributed by atoms with Crippen LogP contribution in [0.1, 0.15) is 31.7 Å². The van der Waals surface area contributed by atoms with Gasteiger partial charge in [0.2, 0.25) is 5.95 Å². The van der Waals surface area contributed by atoms with Gasteiger partial charge in [-0.05, 0) is 27.2 Å². The lowest BCUT2D eigenvalue weighted by Gasteiger charge is -2.42. The van der Waals surface area contributed by atoms with Crippen LogP contribution >= 0.6 is 0 Å². The van der Waals surface area contributed by atoms with Crippen LogP contribution < -0.4 is 15.4 Å². The second kappa shape index (κ2) is 7.60. The molecule has 4 heterocycles. The molecule has 2 aliphatic heterocycles. The Kier molecular flexibility index (Phi) is 5.25. The number of aromatic nitrogens is 3. The number of aryl methyl sites for hydroxylation is 1. The maximum absolute atomic E-state index is 13.8. The first kappa shape index (κ1) is 20.7. The van der Waals surface area contributed by atoms with Crippen molar-refractivity contribution in [3.63, 3.8) is 0 Å². The normalized spacial score (nSPS) is 24.8. The third-order valence-corrected chi connectivity index (χ3v) is 5.55. The Bertz CT molecular complexity index is 963. The van der Waals surface area contributed by atoms with Crippen molar-refractivity contribution in [3.05, 3.63) is 33.9 Å². The number of morpholine rings is 1. The summed E-state index contributed by atoms with van der Waals surface area (Å²) in [5.74, 6) is 0.630. The molecule has 8 nitrogen and oxygen atoms in total. The zero-order chi connectivity index (χ0) is 21.6. The van der Waals surface area contributed by atoms with E-state index in [-0.39, 0.29) is 48.9 Å². The summed E-state index contributed by atoms with van der Waals surface area (Å²) in [6, 6.07) is 1.09. The summed E-state index contributed by atoms with van der Waals surface area (Å²) in [4.78, 5) is 20.4. The van der Waals surface area contributed by atoms with Crippen LogP contribution in [0, 0.1) is 6.92 Å². The van der Waals surface area contributed by atoms with E-state index in [0.29, 0.717) is 24.7 Å². The molecule has 0 N–H and O–H groups in total. The van der Waals surface area contributed by atoms with Crippen LogP contribution in [0.25, 0.3) is 0 Å². The molecule has 2 aromatic heterocycles. The van der Waals surface area contributed by atoms with Crippen LogP contribution in [0.15, 0.2) is 21.5 Å². The van der Waals surface area contributed by atoms with Gasteiger partial charge in [0.25, 0.3) is 5.56 Å². The molecule has 0 spiro atoms. The van der Waals surface area contributed by atoms with Gasteiger partial charge in [-0.2, -0.15) is 18.2 Å². The highest BCUT2D eigenvalue weighted by molar-refractivity contribution is 5.48. The molecule has 1 saturated heterocycles. The van der Waals surface area contributed by atoms with Gasteiger partial charge >= 0.3 is 6.18 Å². The fourth-order valence-corrected chi connectivity index (χ4v) is 4.23. The highest BCUT2D eigenvalue weighted by Crippen LogP contribution is 2.35. The van der Waals surface area contributed by atoms with Crippen molar-refractivity contribution < 1.29 is 22.4 Å². The van der Waals surface area contributed by atoms with Crippen molar-refractivity contribution in [3.8, 4) is 0 Å². The molecule has 3 atom stereocenters. The minimum atomic E-state index is -4.48. The van der Waals surface area contributed by atoms with Gasteiger partial charge < -0.3 is 19.1 Å². The van der Waals surface area contributed by atoms with E-state index in [4.69, 9.17) is 9.26 Å². The van der Waals surface area contributed by atoms with Gasteiger partial charge in [-0.25, -0.2) is 0 Å². The van der Waals surface area contributed by atoms with Gasteiger partial charge in [0.1, 0.15) is 11.9 Å². The Morgan fingerprint density at radius 2 is 1.90 bits per heavy atom. The van der Waals surface area contributed by atoms with Crippen LogP contribution in [0.2, 0.25) is 0 Å². The predicted octanol–water partition coefficient (Wildman–Crippen LogP) is 2.49. The highest BCUT2D eigenvalue weighted by Gasteiger charge is 2.47. The second-order valence-corrected chi connectivity index (χ2v) is 7.96. The first-order chi connectivity index (χ1) is 14.1. The maximum Gasteiger partial charge on any atom is 0.408 e. The molecule has 164 valence electrons. The average molecular weight is 427 g/mol. The summed E-state index contributed by atoms with van der Waals surface area (Å²) < 4.78 is 53.5. The van der Waals surface area contributed by atoms with E-state index < -0.39 is 12.2 Å². The van der Waals surface area contributed by atoms with Crippen LogP contribution in [-0.4, -0.2) is 52.2 Å². The predicted molar refractivity (Wildman–Crippen MR) is 103 cm³/mol. The van der Waals surface area contributed by atoms with Crippen molar-refractivity contribution in [2.45, 2.75) is 64.6 Å². The molecule has 2 aromatic rings. The lowest BCUT2D eigenvalue weighted by Crippen LogP contribution is -2.53. The molecule has 11 heteroatoms. The number of halogens is 3. The molecule has 1 fully saturated rings. The molecule has 0 aromatic carbocycles. The summed E-state index contributed by atoms with van der Waals surface area (Å²) >= 11 is 0. The molecule has 0 radical (unpaired) electrons. The van der Waals surface area contributed by atoms with Crippen LogP contribution in [0.4, 0.5) is 24.9 Å². The van der Waals surface area contributed by atoms with Crippen LogP contribution in [-0.2, 0) is 17.8 Å². The Hall–Kier alpha value is -2.56. The van der Waals surface area contributed by atoms with Gasteiger partial charge in [-0.3, -0.25) is 9.36 Å². The molecule has 2 aliphatic rings. The molecule has 4 rings (SSSR count). The molecular weight excluding hydrogens is 403 g/mol. The largest absolute Gasteiger partial charge is 0.408 e. The minimum absolute atomic E-state index is 0.00831. The smallest absolute Gasteiger partial charge is 0.377 e. The van der Waals surface area contributed by atoms with E-state index in [1.807, 2.05) is 18.7 Å². The number of fused-ring (bicyclic) bond motifs is 1. The molecule has 0 amide bonds. The molecule has 0 aliphatic carbocycles. The SMILES string of the molecule is Cc1cc(CN2c3nc(N4[C@H](C)COC[C@H]4C)cc(=O)n3CCC2C(F)(F)F)on1. The van der Waals surface area contributed by atoms with Crippen molar-refractivity contribution in [1.82, 2.24) is 14.7 Å². The lowest BCUT2D eigenvalue weighted by molar-refractivity contribution is -0.153. The number of nitrogens with zero attached hydrogens (tertiary/aromatic N) is 5. The maximum atomic E-state index is 13.8. The molecule has 30 heavy (non-hydrogen) atoms. The molecular formula is C19H24F3N5O3. The third kappa shape index (κ3) is 3.78. The van der Waals surface area contributed by atoms with Gasteiger partial charge in [-0.15, -0.1) is 0 Å². The summed E-state index contributed by atoms with van der Waals surface area (Å²) in [5.41, 5.74) is 0.195. The van der Waals surface area contributed by atoms with Crippen molar-refractivity contribution in [2.75, 3.05) is 23.0 Å². The van der Waals surface area contributed by atoms with Crippen molar-refractivity contribution >= 4 is 11.8 Å². The Balaban J connectivity index is 1.80. The Morgan fingerprint density at radius 1 is 1.20 bits per heavy atom. The number of anilines is 2. The first-order valence-electron chi connectivity index (χ1n) is 9.88. The van der Waals surface area contributed by atoms with Crippen LogP contribution in [0.3, 0.4) is 0 Å². The van der Waals surface area contributed by atoms with Gasteiger partial charge in [-0.1, -0.05) is 5.16 Å². The van der Waals surface area contributed by atoms with Crippen molar-refractivity contribution in [1.29, 1.82) is 0 Å². The molecule has 0 saturated carbocycles. The topological polar surface area (TPSA) is 76.6 Å². The minimum Gasteiger partial charge on any atom is -0.377 e. The van der Waals surface area contributed by atoms with Crippen LogP contribution in [0.5, 0.6) is 0 Å². The number of hydrogen-bond donors (Lipinski definition) is 0. The second-order valence-electron chi connectivity index (χ2n) is 7.96. The number of hydrogen-bond acceptors (Lipinski definition) is 7. The summed E-state index contributed by atoms with van der Waals surface area (Å²) in [6.07, 6.45) is -4.72. The highest BCUT2D eigenvalue weighted by atomic mass is 19.4. The summed E-state index contributed by atoms with van der Waals surface area (Å²) in [7, 11) is 0. The summed E-state index contributed by atoms with van der Waals surface area (Å²) in [5, 5.41) is 3.76. The monoisotopic (exact) mass is 427 g/mol. The Labute approximate surface area is 171 Å². The zero-order valence-corrected chi connectivity index (χ0v) is 17.0. The molecule has 0 bridgehead atoms. The van der Waals surface area contributed by atoms with E-state index >= 15 is 0 Å². The van der Waals surface area contributed by atoms with E-state index in [9.17, 15) is 18.0 Å². The van der Waals surface area contributed by atoms with E-state index in [1.165, 1.54) is 10.6 Å². The fourth-order valence-electron chi connectivity index (χ4n) is 4.23. The zero-order valence-electron chi connectivity index (χ0n) is 17.0. The number of rotatable bonds is 3. The first-order valence-corrected chi connectivity index (χ1v) is 9.88. The third-order valence-electron chi connectivity index (χ3n) is 5.55. The number of ether oxygens (including phenoxy) is 1. The fraction of sp³-hybridized carbons (Fsp3) is 0.632.